The molecular formula is C35H36N8O6S. The Morgan fingerprint density at radius 1 is 0.960 bits per heavy atom. The van der Waals surface area contributed by atoms with Gasteiger partial charge in [-0.15, -0.1) is 0 Å². The standard InChI is InChI=1S/C35H36N8O6S/c1-2-49-31-28(4-3-11-38-31)35(39-33(45)42-23-34(24-42)21-41(22-34)13-12-40-14-16-48-17-15-40)29-18-26(20-37)7-10-30(29)43(32(35)44)50(46,47)27-8-5-25(19-36)6-9-27/h3-11,18H,2,12-17,21-24H2,1H3,(H,39,45)/t35-/m0/s1. The summed E-state index contributed by atoms with van der Waals surface area (Å²) in [6.45, 7) is 9.85. The van der Waals surface area contributed by atoms with E-state index >= 15 is 0 Å². The maximum absolute atomic E-state index is 15.0. The van der Waals surface area contributed by atoms with Crippen LogP contribution in [-0.2, 0) is 25.1 Å². The van der Waals surface area contributed by atoms with E-state index in [2.05, 4.69) is 26.2 Å². The molecule has 1 atom stereocenters. The van der Waals surface area contributed by atoms with Gasteiger partial charge >= 0.3 is 6.03 Å². The molecule has 4 aliphatic rings. The van der Waals surface area contributed by atoms with Gasteiger partial charge in [0.2, 0.25) is 5.88 Å². The number of nitrogens with zero attached hydrogens (tertiary/aromatic N) is 7. The lowest BCUT2D eigenvalue weighted by atomic mass is 9.73. The molecule has 15 heteroatoms. The van der Waals surface area contributed by atoms with Crippen LogP contribution in [0.5, 0.6) is 5.88 Å². The van der Waals surface area contributed by atoms with E-state index in [1.165, 1.54) is 48.7 Å². The van der Waals surface area contributed by atoms with E-state index in [0.29, 0.717) is 17.4 Å². The fourth-order valence-electron chi connectivity index (χ4n) is 7.40. The highest BCUT2D eigenvalue weighted by Gasteiger charge is 2.60. The van der Waals surface area contributed by atoms with Gasteiger partial charge in [-0.25, -0.2) is 18.2 Å². The largest absolute Gasteiger partial charge is 0.478 e. The number of likely N-dealkylation sites (tertiary alicyclic amines) is 2. The average Bonchev–Trinajstić information content (AvgIpc) is 3.35. The number of amides is 3. The Morgan fingerprint density at radius 2 is 1.64 bits per heavy atom. The summed E-state index contributed by atoms with van der Waals surface area (Å²) in [5, 5.41) is 22.1. The minimum absolute atomic E-state index is 0.0278. The van der Waals surface area contributed by atoms with Crippen LogP contribution in [0, 0.1) is 28.1 Å². The summed E-state index contributed by atoms with van der Waals surface area (Å²) in [5.74, 6) is -0.952. The van der Waals surface area contributed by atoms with Crippen molar-refractivity contribution in [3.63, 3.8) is 0 Å². The van der Waals surface area contributed by atoms with Crippen molar-refractivity contribution in [3.8, 4) is 18.0 Å². The van der Waals surface area contributed by atoms with Crippen LogP contribution in [0.15, 0.2) is 65.7 Å². The van der Waals surface area contributed by atoms with Crippen LogP contribution in [-0.4, -0.2) is 112 Å². The molecule has 4 aliphatic heterocycles. The van der Waals surface area contributed by atoms with Gasteiger partial charge < -0.3 is 24.6 Å². The van der Waals surface area contributed by atoms with Crippen LogP contribution < -0.4 is 14.4 Å². The van der Waals surface area contributed by atoms with Gasteiger partial charge in [-0.05, 0) is 61.5 Å². The number of carbonyl (C=O) groups is 2. The molecule has 7 rings (SSSR count). The van der Waals surface area contributed by atoms with Crippen molar-refractivity contribution in [2.45, 2.75) is 17.4 Å². The van der Waals surface area contributed by atoms with Crippen molar-refractivity contribution < 1.29 is 27.5 Å². The Balaban J connectivity index is 1.21. The fraction of sp³-hybridized carbons (Fsp3) is 0.400. The monoisotopic (exact) mass is 696 g/mol. The van der Waals surface area contributed by atoms with Gasteiger partial charge in [0, 0.05) is 69.5 Å². The molecule has 0 aliphatic carbocycles. The number of nitrogens with one attached hydrogen (secondary N) is 1. The van der Waals surface area contributed by atoms with Crippen LogP contribution in [0.4, 0.5) is 10.5 Å². The van der Waals surface area contributed by atoms with Crippen molar-refractivity contribution in [2.75, 3.05) is 76.5 Å². The first-order valence-electron chi connectivity index (χ1n) is 16.5. The van der Waals surface area contributed by atoms with Gasteiger partial charge in [-0.2, -0.15) is 14.8 Å². The van der Waals surface area contributed by atoms with Gasteiger partial charge in [0.15, 0.2) is 5.54 Å². The lowest BCUT2D eigenvalue weighted by Crippen LogP contribution is -2.74. The van der Waals surface area contributed by atoms with E-state index in [0.717, 1.165) is 52.5 Å². The zero-order valence-corrected chi connectivity index (χ0v) is 28.4. The Kier molecular flexibility index (Phi) is 8.69. The second-order valence-electron chi connectivity index (χ2n) is 13.0. The molecule has 0 unspecified atom stereocenters. The number of anilines is 1. The summed E-state index contributed by atoms with van der Waals surface area (Å²) in [5.41, 5.74) is -1.57. The predicted octanol–water partition coefficient (Wildman–Crippen LogP) is 1.86. The molecule has 2 aromatic carbocycles. The number of nitriles is 2. The molecule has 1 aromatic heterocycles. The topological polar surface area (TPSA) is 172 Å². The summed E-state index contributed by atoms with van der Waals surface area (Å²) in [7, 11) is -4.58. The van der Waals surface area contributed by atoms with Crippen LogP contribution in [0.2, 0.25) is 0 Å². The van der Waals surface area contributed by atoms with E-state index in [1.807, 2.05) is 6.07 Å². The van der Waals surface area contributed by atoms with Crippen molar-refractivity contribution in [1.82, 2.24) is 25.0 Å². The highest BCUT2D eigenvalue weighted by atomic mass is 32.2. The molecule has 0 bridgehead atoms. The number of pyridine rings is 1. The number of urea groups is 1. The zero-order valence-electron chi connectivity index (χ0n) is 27.5. The molecular weight excluding hydrogens is 661 g/mol. The first kappa shape index (κ1) is 33.4. The molecule has 3 aromatic rings. The van der Waals surface area contributed by atoms with Gasteiger partial charge in [0.05, 0.1) is 59.2 Å². The first-order valence-corrected chi connectivity index (χ1v) is 17.9. The summed E-state index contributed by atoms with van der Waals surface area (Å²) >= 11 is 0. The molecule has 0 saturated carbocycles. The Morgan fingerprint density at radius 3 is 2.32 bits per heavy atom. The second kappa shape index (κ2) is 13.0. The smallest absolute Gasteiger partial charge is 0.318 e. The van der Waals surface area contributed by atoms with Gasteiger partial charge in [0.1, 0.15) is 0 Å². The quantitative estimate of drug-likeness (QED) is 0.346. The summed E-state index contributed by atoms with van der Waals surface area (Å²) in [6, 6.07) is 16.0. The normalized spacial score (nSPS) is 21.5. The number of ether oxygens (including phenoxy) is 2. The SMILES string of the molecule is CCOc1ncccc1[C@@]1(NC(=O)N2CC3(CN(CCN4CCOCC4)C3)C2)C(=O)N(S(=O)(=O)c2ccc(C#N)cc2)c2ccc(C#N)cc21. The number of carbonyl (C=O) groups excluding carboxylic acids is 2. The highest BCUT2D eigenvalue weighted by Crippen LogP contribution is 2.50. The van der Waals surface area contributed by atoms with E-state index in [4.69, 9.17) is 9.47 Å². The molecule has 258 valence electrons. The third-order valence-electron chi connectivity index (χ3n) is 9.82. The molecule has 1 N–H and O–H groups in total. The predicted molar refractivity (Wildman–Crippen MR) is 179 cm³/mol. The maximum atomic E-state index is 15.0. The van der Waals surface area contributed by atoms with Crippen LogP contribution >= 0.6 is 0 Å². The first-order chi connectivity index (χ1) is 24.1. The van der Waals surface area contributed by atoms with Crippen LogP contribution in [0.3, 0.4) is 0 Å². The van der Waals surface area contributed by atoms with Crippen molar-refractivity contribution >= 4 is 27.6 Å². The summed E-state index contributed by atoms with van der Waals surface area (Å²) < 4.78 is 40.5. The Hall–Kier alpha value is -5.06. The van der Waals surface area contributed by atoms with Crippen LogP contribution in [0.1, 0.15) is 29.2 Å². The minimum Gasteiger partial charge on any atom is -0.478 e. The van der Waals surface area contributed by atoms with Gasteiger partial charge in [-0.1, -0.05) is 0 Å². The zero-order chi connectivity index (χ0) is 35.1. The number of morpholine rings is 1. The van der Waals surface area contributed by atoms with E-state index in [1.54, 1.807) is 24.0 Å². The molecule has 3 amide bonds. The Bertz CT molecular complexity index is 2010. The minimum atomic E-state index is -4.58. The molecule has 50 heavy (non-hydrogen) atoms. The van der Waals surface area contributed by atoms with Crippen molar-refractivity contribution in [3.05, 3.63) is 83.0 Å². The number of benzene rings is 2. The van der Waals surface area contributed by atoms with E-state index in [-0.39, 0.29) is 50.7 Å². The molecule has 0 radical (unpaired) electrons. The third kappa shape index (κ3) is 5.62. The highest BCUT2D eigenvalue weighted by molar-refractivity contribution is 7.93. The number of aromatic nitrogens is 1. The third-order valence-corrected chi connectivity index (χ3v) is 11.5. The van der Waals surface area contributed by atoms with Gasteiger partial charge in [-0.3, -0.25) is 9.69 Å². The molecule has 3 fully saturated rings. The maximum Gasteiger partial charge on any atom is 0.318 e. The molecule has 1 spiro atoms. The number of hydrogen-bond acceptors (Lipinski definition) is 11. The van der Waals surface area contributed by atoms with Gasteiger partial charge in [0.25, 0.3) is 15.9 Å². The lowest BCUT2D eigenvalue weighted by molar-refractivity contribution is -0.122. The molecule has 5 heterocycles. The number of rotatable bonds is 9. The summed E-state index contributed by atoms with van der Waals surface area (Å²) in [6.07, 6.45) is 1.47. The van der Waals surface area contributed by atoms with Crippen molar-refractivity contribution in [2.24, 2.45) is 5.41 Å². The fourth-order valence-corrected chi connectivity index (χ4v) is 8.86. The molecule has 3 saturated heterocycles. The van der Waals surface area contributed by atoms with Crippen molar-refractivity contribution in [1.29, 1.82) is 10.5 Å². The van der Waals surface area contributed by atoms with E-state index in [9.17, 15) is 28.5 Å². The number of fused-ring (bicyclic) bond motifs is 1. The molecule has 14 nitrogen and oxygen atoms in total. The Labute approximate surface area is 290 Å². The lowest BCUT2D eigenvalue weighted by Gasteiger charge is -2.60. The van der Waals surface area contributed by atoms with Crippen LogP contribution in [0.25, 0.3) is 0 Å². The number of hydrogen-bond donors (Lipinski definition) is 1. The number of sulfonamides is 1. The van der Waals surface area contributed by atoms with E-state index < -0.39 is 27.5 Å². The average molecular weight is 697 g/mol. The second-order valence-corrected chi connectivity index (χ2v) is 14.8. The summed E-state index contributed by atoms with van der Waals surface area (Å²) in [4.78, 5) is 39.7.